The van der Waals surface area contributed by atoms with Crippen LogP contribution in [0.25, 0.3) is 0 Å². The zero-order valence-electron chi connectivity index (χ0n) is 28.2. The number of fused-ring (bicyclic) bond motifs is 5. The van der Waals surface area contributed by atoms with E-state index in [-0.39, 0.29) is 18.1 Å². The highest BCUT2D eigenvalue weighted by Crippen LogP contribution is 2.61. The normalized spacial score (nSPS) is 29.4. The van der Waals surface area contributed by atoms with Crippen molar-refractivity contribution in [2.24, 2.45) is 23.2 Å². The van der Waals surface area contributed by atoms with Crippen LogP contribution in [-0.4, -0.2) is 67.3 Å². The summed E-state index contributed by atoms with van der Waals surface area (Å²) >= 11 is 1.45. The van der Waals surface area contributed by atoms with Gasteiger partial charge in [-0.25, -0.2) is 0 Å². The summed E-state index contributed by atoms with van der Waals surface area (Å²) in [5.74, 6) is -0.0132. The third-order valence-electron chi connectivity index (χ3n) is 11.6. The fourth-order valence-corrected chi connectivity index (χ4v) is 9.89. The molecule has 47 heavy (non-hydrogen) atoms. The summed E-state index contributed by atoms with van der Waals surface area (Å²) in [4.78, 5) is 15.4. The molecule has 0 N–H and O–H groups in total. The van der Waals surface area contributed by atoms with Crippen LogP contribution in [0.15, 0.2) is 18.2 Å². The van der Waals surface area contributed by atoms with E-state index in [1.165, 1.54) is 35.7 Å². The SMILES string of the molecule is CN(CCCCC[C@@H]1Cc2cc(OC3CCCCO3)ccc2[C@H]2CC[C@]3(C)C(=O)CC[C@H]3[C@H]12)CCCSCCCC(F)(F)C(F)(F)F. The first-order chi connectivity index (χ1) is 22.4. The predicted octanol–water partition coefficient (Wildman–Crippen LogP) is 9.84. The minimum atomic E-state index is -5.46. The Morgan fingerprint density at radius 3 is 2.55 bits per heavy atom. The summed E-state index contributed by atoms with van der Waals surface area (Å²) in [6, 6.07) is 6.72. The van der Waals surface area contributed by atoms with Crippen LogP contribution in [0.4, 0.5) is 22.0 Å². The number of halogens is 5. The molecule has 0 spiro atoms. The van der Waals surface area contributed by atoms with Crippen molar-refractivity contribution < 1.29 is 36.2 Å². The van der Waals surface area contributed by atoms with Gasteiger partial charge >= 0.3 is 12.1 Å². The number of unbranched alkanes of at least 4 members (excludes halogenated alkanes) is 2. The Bertz CT molecular complexity index is 1180. The second-order valence-corrected chi connectivity index (χ2v) is 16.1. The molecule has 1 unspecified atom stereocenters. The van der Waals surface area contributed by atoms with Crippen molar-refractivity contribution in [2.45, 2.75) is 128 Å². The van der Waals surface area contributed by atoms with E-state index in [1.54, 1.807) is 0 Å². The summed E-state index contributed by atoms with van der Waals surface area (Å²) in [5, 5.41) is 0. The molecule has 10 heteroatoms. The molecule has 0 radical (unpaired) electrons. The molecule has 6 atom stereocenters. The average molecular weight is 688 g/mol. The van der Waals surface area contributed by atoms with Crippen molar-refractivity contribution in [2.75, 3.05) is 38.2 Å². The minimum absolute atomic E-state index is 0.137. The Balaban J connectivity index is 1.07. The molecule has 3 aliphatic carbocycles. The van der Waals surface area contributed by atoms with E-state index in [4.69, 9.17) is 9.47 Å². The zero-order chi connectivity index (χ0) is 33.7. The number of rotatable bonds is 16. The molecule has 266 valence electrons. The monoisotopic (exact) mass is 687 g/mol. The molecule has 4 nitrogen and oxygen atoms in total. The molecular weight excluding hydrogens is 633 g/mol. The van der Waals surface area contributed by atoms with Gasteiger partial charge in [-0.1, -0.05) is 25.8 Å². The second-order valence-electron chi connectivity index (χ2n) is 14.9. The van der Waals surface area contributed by atoms with Gasteiger partial charge in [-0.2, -0.15) is 33.7 Å². The van der Waals surface area contributed by atoms with Gasteiger partial charge in [-0.05, 0) is 143 Å². The van der Waals surface area contributed by atoms with Gasteiger partial charge in [0.15, 0.2) is 6.29 Å². The summed E-state index contributed by atoms with van der Waals surface area (Å²) in [6.45, 7) is 4.89. The number of hydrogen-bond donors (Lipinski definition) is 0. The number of ketones is 1. The molecule has 0 bridgehead atoms. The van der Waals surface area contributed by atoms with Crippen LogP contribution in [0, 0.1) is 23.2 Å². The Morgan fingerprint density at radius 1 is 1.00 bits per heavy atom. The van der Waals surface area contributed by atoms with E-state index in [2.05, 4.69) is 37.1 Å². The molecule has 5 rings (SSSR count). The molecule has 0 aromatic heterocycles. The maximum absolute atomic E-state index is 13.1. The maximum Gasteiger partial charge on any atom is 0.453 e. The zero-order valence-corrected chi connectivity index (χ0v) is 29.0. The molecule has 2 saturated carbocycles. The highest BCUT2D eigenvalue weighted by atomic mass is 32.2. The van der Waals surface area contributed by atoms with Crippen LogP contribution < -0.4 is 4.74 Å². The molecule has 1 heterocycles. The first kappa shape index (κ1) is 36.9. The van der Waals surface area contributed by atoms with Crippen molar-refractivity contribution in [3.63, 3.8) is 0 Å². The number of Topliss-reactive ketones (excluding diaryl/α,β-unsaturated/α-hetero) is 1. The summed E-state index contributed by atoms with van der Waals surface area (Å²) in [5.41, 5.74) is 2.74. The number of carbonyl (C=O) groups is 1. The fourth-order valence-electron chi connectivity index (χ4n) is 9.00. The quantitative estimate of drug-likeness (QED) is 0.128. The van der Waals surface area contributed by atoms with Gasteiger partial charge < -0.3 is 14.4 Å². The van der Waals surface area contributed by atoms with E-state index in [0.717, 1.165) is 102 Å². The number of ether oxygens (including phenoxy) is 2. The van der Waals surface area contributed by atoms with Gasteiger partial charge in [-0.15, -0.1) is 0 Å². The van der Waals surface area contributed by atoms with Gasteiger partial charge in [0.25, 0.3) is 0 Å². The molecule has 0 amide bonds. The molecule has 1 aromatic rings. The lowest BCUT2D eigenvalue weighted by atomic mass is 9.52. The van der Waals surface area contributed by atoms with E-state index in [9.17, 15) is 26.7 Å². The van der Waals surface area contributed by atoms with E-state index in [0.29, 0.717) is 35.2 Å². The Kier molecular flexibility index (Phi) is 12.6. The van der Waals surface area contributed by atoms with Crippen LogP contribution in [-0.2, 0) is 16.0 Å². The van der Waals surface area contributed by atoms with Crippen molar-refractivity contribution in [1.29, 1.82) is 0 Å². The number of nitrogens with zero attached hydrogens (tertiary/aromatic N) is 1. The lowest BCUT2D eigenvalue weighted by molar-refractivity contribution is -0.284. The first-order valence-electron chi connectivity index (χ1n) is 18.0. The maximum atomic E-state index is 13.1. The lowest BCUT2D eigenvalue weighted by Crippen LogP contribution is -2.46. The Morgan fingerprint density at radius 2 is 1.79 bits per heavy atom. The number of benzene rings is 1. The number of thioether (sulfide) groups is 1. The molecule has 1 saturated heterocycles. The lowest BCUT2D eigenvalue weighted by Gasteiger charge is -2.52. The summed E-state index contributed by atoms with van der Waals surface area (Å²) in [6.07, 6.45) is 6.66. The fraction of sp³-hybridized carbons (Fsp3) is 0.811. The van der Waals surface area contributed by atoms with Crippen molar-refractivity contribution in [3.05, 3.63) is 29.3 Å². The summed E-state index contributed by atoms with van der Waals surface area (Å²) < 4.78 is 75.0. The van der Waals surface area contributed by atoms with Crippen molar-refractivity contribution >= 4 is 17.5 Å². The van der Waals surface area contributed by atoms with Gasteiger partial charge in [0, 0.05) is 24.7 Å². The molecular formula is C37H54F5NO3S. The molecule has 3 fully saturated rings. The molecule has 4 aliphatic rings. The van der Waals surface area contributed by atoms with Crippen LogP contribution in [0.5, 0.6) is 5.75 Å². The number of carbonyl (C=O) groups excluding carboxylic acids is 1. The topological polar surface area (TPSA) is 38.8 Å². The van der Waals surface area contributed by atoms with Crippen molar-refractivity contribution in [1.82, 2.24) is 4.90 Å². The van der Waals surface area contributed by atoms with Crippen LogP contribution in [0.1, 0.15) is 114 Å². The van der Waals surface area contributed by atoms with E-state index in [1.807, 2.05) is 0 Å². The summed E-state index contributed by atoms with van der Waals surface area (Å²) in [7, 11) is 2.09. The molecule has 1 aliphatic heterocycles. The van der Waals surface area contributed by atoms with Crippen LogP contribution in [0.3, 0.4) is 0 Å². The van der Waals surface area contributed by atoms with Gasteiger partial charge in [-0.3, -0.25) is 4.79 Å². The second kappa shape index (κ2) is 16.1. The van der Waals surface area contributed by atoms with Crippen LogP contribution >= 0.6 is 11.8 Å². The van der Waals surface area contributed by atoms with Gasteiger partial charge in [0.1, 0.15) is 11.5 Å². The van der Waals surface area contributed by atoms with E-state index >= 15 is 0 Å². The minimum Gasteiger partial charge on any atom is -0.465 e. The number of alkyl halides is 5. The van der Waals surface area contributed by atoms with Crippen molar-refractivity contribution in [3.8, 4) is 5.75 Å². The Labute approximate surface area is 282 Å². The smallest absolute Gasteiger partial charge is 0.453 e. The first-order valence-corrected chi connectivity index (χ1v) is 19.2. The van der Waals surface area contributed by atoms with Gasteiger partial charge in [0.2, 0.25) is 0 Å². The number of hydrogen-bond acceptors (Lipinski definition) is 5. The standard InChI is InChI=1S/C37H54F5NO3S/c1-35-18-16-30-29-13-12-28(46-33-11-5-7-21-45-33)25-27(29)24-26(34(30)31(35)14-15-32(35)44)10-4-3-6-19-43(2)20-9-23-47-22-8-17-36(38,39)37(40,41)42/h12-13,25-26,30-31,33-34H,3-11,14-24H2,1-2H3/t26-,30-,31+,33?,34-,35+/m1/s1. The Hall–Kier alpha value is -1.39. The highest BCUT2D eigenvalue weighted by molar-refractivity contribution is 7.99. The predicted molar refractivity (Wildman–Crippen MR) is 177 cm³/mol. The largest absolute Gasteiger partial charge is 0.465 e. The molecule has 1 aromatic carbocycles. The van der Waals surface area contributed by atoms with Crippen LogP contribution in [0.2, 0.25) is 0 Å². The average Bonchev–Trinajstić information content (AvgIpc) is 3.33. The van der Waals surface area contributed by atoms with E-state index < -0.39 is 18.5 Å². The third-order valence-corrected chi connectivity index (χ3v) is 12.8. The van der Waals surface area contributed by atoms with Gasteiger partial charge in [0.05, 0.1) is 6.61 Å². The highest BCUT2D eigenvalue weighted by Gasteiger charge is 2.57. The third kappa shape index (κ3) is 9.05.